The molecule has 0 fully saturated rings. The van der Waals surface area contributed by atoms with Crippen LogP contribution in [0.25, 0.3) is 0 Å². The highest BCUT2D eigenvalue weighted by Crippen LogP contribution is 2.30. The Morgan fingerprint density at radius 2 is 1.94 bits per heavy atom. The molecule has 2 nitrogen and oxygen atoms in total. The molecule has 1 aromatic carbocycles. The lowest BCUT2D eigenvalue weighted by Gasteiger charge is -2.13. The molecule has 16 heavy (non-hydrogen) atoms. The Hall–Kier alpha value is -0.540. The van der Waals surface area contributed by atoms with Crippen molar-refractivity contribution in [1.82, 2.24) is 4.90 Å². The van der Waals surface area contributed by atoms with E-state index in [0.29, 0.717) is 0 Å². The second-order valence-corrected chi connectivity index (χ2v) is 5.25. The van der Waals surface area contributed by atoms with Crippen molar-refractivity contribution < 1.29 is 4.74 Å². The van der Waals surface area contributed by atoms with Crippen LogP contribution in [0.4, 0.5) is 0 Å². The Morgan fingerprint density at radius 1 is 1.25 bits per heavy atom. The highest BCUT2D eigenvalue weighted by molar-refractivity contribution is 9.10. The molecule has 0 spiro atoms. The van der Waals surface area contributed by atoms with Gasteiger partial charge in [0.2, 0.25) is 0 Å². The zero-order valence-electron chi connectivity index (χ0n) is 10.5. The van der Waals surface area contributed by atoms with E-state index in [0.717, 1.165) is 29.8 Å². The first-order valence-electron chi connectivity index (χ1n) is 5.55. The number of hydrogen-bond donors (Lipinski definition) is 0. The van der Waals surface area contributed by atoms with Crippen LogP contribution >= 0.6 is 15.9 Å². The number of aryl methyl sites for hydroxylation is 2. The Labute approximate surface area is 107 Å². The van der Waals surface area contributed by atoms with E-state index in [1.165, 1.54) is 11.1 Å². The summed E-state index contributed by atoms with van der Waals surface area (Å²) in [7, 11) is 4.15. The quantitative estimate of drug-likeness (QED) is 0.769. The Kier molecular flexibility index (Phi) is 5.29. The summed E-state index contributed by atoms with van der Waals surface area (Å²) in [4.78, 5) is 2.17. The highest BCUT2D eigenvalue weighted by atomic mass is 79.9. The summed E-state index contributed by atoms with van der Waals surface area (Å²) < 4.78 is 6.85. The van der Waals surface area contributed by atoms with Crippen molar-refractivity contribution in [2.45, 2.75) is 20.3 Å². The van der Waals surface area contributed by atoms with Gasteiger partial charge in [0, 0.05) is 6.54 Å². The van der Waals surface area contributed by atoms with Crippen molar-refractivity contribution in [2.24, 2.45) is 0 Å². The van der Waals surface area contributed by atoms with Gasteiger partial charge in [-0.15, -0.1) is 0 Å². The van der Waals surface area contributed by atoms with Gasteiger partial charge in [-0.1, -0.05) is 6.07 Å². The first kappa shape index (κ1) is 13.5. The summed E-state index contributed by atoms with van der Waals surface area (Å²) in [6, 6.07) is 4.24. The van der Waals surface area contributed by atoms with E-state index in [2.05, 4.69) is 60.9 Å². The Morgan fingerprint density at radius 3 is 2.50 bits per heavy atom. The molecule has 1 aromatic rings. The second-order valence-electron chi connectivity index (χ2n) is 4.40. The van der Waals surface area contributed by atoms with Gasteiger partial charge in [-0.3, -0.25) is 0 Å². The third-order valence-electron chi connectivity index (χ3n) is 2.37. The van der Waals surface area contributed by atoms with Crippen LogP contribution in [0.5, 0.6) is 5.75 Å². The van der Waals surface area contributed by atoms with Gasteiger partial charge in [0.15, 0.2) is 0 Å². The summed E-state index contributed by atoms with van der Waals surface area (Å²) in [5.74, 6) is 0.976. The van der Waals surface area contributed by atoms with Crippen LogP contribution in [-0.4, -0.2) is 32.1 Å². The predicted octanol–water partition coefficient (Wildman–Crippen LogP) is 3.40. The van der Waals surface area contributed by atoms with Crippen LogP contribution < -0.4 is 4.74 Å². The maximum absolute atomic E-state index is 5.80. The maximum Gasteiger partial charge on any atom is 0.136 e. The van der Waals surface area contributed by atoms with E-state index >= 15 is 0 Å². The van der Waals surface area contributed by atoms with Gasteiger partial charge in [-0.25, -0.2) is 0 Å². The zero-order chi connectivity index (χ0) is 12.1. The summed E-state index contributed by atoms with van der Waals surface area (Å²) >= 11 is 3.54. The molecule has 0 unspecified atom stereocenters. The monoisotopic (exact) mass is 285 g/mol. The second kappa shape index (κ2) is 6.26. The van der Waals surface area contributed by atoms with E-state index in [1.54, 1.807) is 0 Å². The normalized spacial score (nSPS) is 10.9. The topological polar surface area (TPSA) is 12.5 Å². The van der Waals surface area contributed by atoms with Crippen molar-refractivity contribution in [3.05, 3.63) is 27.7 Å². The molecule has 0 aliphatic carbocycles. The van der Waals surface area contributed by atoms with Gasteiger partial charge in [0.1, 0.15) is 5.75 Å². The van der Waals surface area contributed by atoms with Crippen molar-refractivity contribution in [1.29, 1.82) is 0 Å². The summed E-state index contributed by atoms with van der Waals surface area (Å²) in [6.07, 6.45) is 1.05. The standard InChI is InChI=1S/C13H20BrNO/c1-10-8-11(2)13(12(14)9-10)16-7-5-6-15(3)4/h8-9H,5-7H2,1-4H3. The average Bonchev–Trinajstić information content (AvgIpc) is 2.14. The third-order valence-corrected chi connectivity index (χ3v) is 2.96. The Bertz CT molecular complexity index is 327. The number of hydrogen-bond acceptors (Lipinski definition) is 2. The third kappa shape index (κ3) is 4.14. The highest BCUT2D eigenvalue weighted by Gasteiger charge is 2.05. The van der Waals surface area contributed by atoms with Crippen LogP contribution in [0.2, 0.25) is 0 Å². The Balaban J connectivity index is 2.54. The molecular weight excluding hydrogens is 266 g/mol. The molecule has 0 amide bonds. The van der Waals surface area contributed by atoms with Crippen LogP contribution in [0, 0.1) is 13.8 Å². The van der Waals surface area contributed by atoms with E-state index in [1.807, 2.05) is 0 Å². The number of halogens is 1. The fraction of sp³-hybridized carbons (Fsp3) is 0.538. The fourth-order valence-electron chi connectivity index (χ4n) is 1.64. The molecule has 0 aromatic heterocycles. The van der Waals surface area contributed by atoms with Crippen LogP contribution in [0.15, 0.2) is 16.6 Å². The summed E-state index contributed by atoms with van der Waals surface area (Å²) in [5, 5.41) is 0. The van der Waals surface area contributed by atoms with Crippen molar-refractivity contribution in [2.75, 3.05) is 27.2 Å². The SMILES string of the molecule is Cc1cc(C)c(OCCCN(C)C)c(Br)c1. The van der Waals surface area contributed by atoms with Crippen LogP contribution in [0.1, 0.15) is 17.5 Å². The predicted molar refractivity (Wildman–Crippen MR) is 72.3 cm³/mol. The molecular formula is C13H20BrNO. The molecule has 0 N–H and O–H groups in total. The number of ether oxygens (including phenoxy) is 1. The van der Waals surface area contributed by atoms with E-state index in [-0.39, 0.29) is 0 Å². The lowest BCUT2D eigenvalue weighted by Crippen LogP contribution is -2.15. The smallest absolute Gasteiger partial charge is 0.136 e. The molecule has 0 aliphatic heterocycles. The molecule has 0 radical (unpaired) electrons. The molecule has 0 heterocycles. The van der Waals surface area contributed by atoms with Crippen LogP contribution in [0.3, 0.4) is 0 Å². The van der Waals surface area contributed by atoms with Crippen molar-refractivity contribution in [3.8, 4) is 5.75 Å². The average molecular weight is 286 g/mol. The first-order valence-corrected chi connectivity index (χ1v) is 6.34. The van der Waals surface area contributed by atoms with E-state index in [4.69, 9.17) is 4.74 Å². The van der Waals surface area contributed by atoms with Gasteiger partial charge < -0.3 is 9.64 Å². The van der Waals surface area contributed by atoms with Gasteiger partial charge in [0.05, 0.1) is 11.1 Å². The van der Waals surface area contributed by atoms with Crippen molar-refractivity contribution >= 4 is 15.9 Å². The lowest BCUT2D eigenvalue weighted by atomic mass is 10.1. The minimum Gasteiger partial charge on any atom is -0.492 e. The van der Waals surface area contributed by atoms with Gasteiger partial charge in [0.25, 0.3) is 0 Å². The maximum atomic E-state index is 5.80. The molecule has 1 rings (SSSR count). The largest absolute Gasteiger partial charge is 0.492 e. The molecule has 0 saturated heterocycles. The van der Waals surface area contributed by atoms with E-state index in [9.17, 15) is 0 Å². The molecule has 0 aliphatic rings. The lowest BCUT2D eigenvalue weighted by molar-refractivity contribution is 0.279. The molecule has 90 valence electrons. The summed E-state index contributed by atoms with van der Waals surface area (Å²) in [6.45, 7) is 6.00. The zero-order valence-corrected chi connectivity index (χ0v) is 12.1. The fourth-order valence-corrected chi connectivity index (χ4v) is 2.43. The number of nitrogens with zero attached hydrogens (tertiary/aromatic N) is 1. The minimum atomic E-state index is 0.765. The van der Waals surface area contributed by atoms with Crippen molar-refractivity contribution in [3.63, 3.8) is 0 Å². The molecule has 0 saturated carbocycles. The van der Waals surface area contributed by atoms with Gasteiger partial charge in [-0.2, -0.15) is 0 Å². The first-order chi connectivity index (χ1) is 7.50. The minimum absolute atomic E-state index is 0.765. The molecule has 0 atom stereocenters. The number of benzene rings is 1. The van der Waals surface area contributed by atoms with Gasteiger partial charge >= 0.3 is 0 Å². The number of rotatable bonds is 5. The summed E-state index contributed by atoms with van der Waals surface area (Å²) in [5.41, 5.74) is 2.45. The van der Waals surface area contributed by atoms with Gasteiger partial charge in [-0.05, 0) is 67.5 Å². The molecule has 0 bridgehead atoms. The van der Waals surface area contributed by atoms with Crippen LogP contribution in [-0.2, 0) is 0 Å². The molecule has 3 heteroatoms. The van der Waals surface area contributed by atoms with E-state index < -0.39 is 0 Å².